The number of rotatable bonds is 2. The lowest BCUT2D eigenvalue weighted by Gasteiger charge is -2.04. The van der Waals surface area contributed by atoms with Crippen molar-refractivity contribution in [2.75, 3.05) is 13.3 Å². The molecule has 0 saturated carbocycles. The van der Waals surface area contributed by atoms with Gasteiger partial charge in [0.05, 0.1) is 0 Å². The van der Waals surface area contributed by atoms with Crippen LogP contribution in [-0.2, 0) is 9.53 Å². The smallest absolute Gasteiger partial charge is 0.422 e. The first-order valence-electron chi connectivity index (χ1n) is 2.24. The van der Waals surface area contributed by atoms with Crippen LogP contribution in [0, 0.1) is 0 Å². The molecule has 0 aromatic heterocycles. The van der Waals surface area contributed by atoms with Crippen molar-refractivity contribution in [3.8, 4) is 0 Å². The fourth-order valence-corrected chi connectivity index (χ4v) is 0.201. The number of halogens is 4. The van der Waals surface area contributed by atoms with Gasteiger partial charge in [-0.05, 0) is 0 Å². The second kappa shape index (κ2) is 3.38. The maximum absolute atomic E-state index is 11.2. The molecule has 0 N–H and O–H groups in total. The lowest BCUT2D eigenvalue weighted by atomic mass is 10.7. The molecule has 0 aromatic carbocycles. The molecule has 0 spiro atoms. The molecule has 0 rings (SSSR count). The van der Waals surface area contributed by atoms with E-state index in [9.17, 15) is 22.4 Å². The molecule has 0 bridgehead atoms. The molecule has 0 aliphatic heterocycles. The molecule has 0 atom stereocenters. The van der Waals surface area contributed by atoms with Gasteiger partial charge >= 0.3 is 12.1 Å². The van der Waals surface area contributed by atoms with Crippen LogP contribution in [0.25, 0.3) is 0 Å². The van der Waals surface area contributed by atoms with E-state index in [2.05, 4.69) is 4.74 Å². The predicted octanol–water partition coefficient (Wildman–Crippen LogP) is 1.06. The summed E-state index contributed by atoms with van der Waals surface area (Å²) in [6.07, 6.45) is -4.58. The molecule has 0 aliphatic rings. The van der Waals surface area contributed by atoms with Crippen LogP contribution in [-0.4, -0.2) is 25.4 Å². The maximum atomic E-state index is 11.2. The molecule has 0 fully saturated rings. The minimum absolute atomic E-state index is 1.50. The van der Waals surface area contributed by atoms with E-state index in [1.54, 1.807) is 0 Å². The van der Waals surface area contributed by atoms with E-state index in [0.717, 1.165) is 0 Å². The van der Waals surface area contributed by atoms with Crippen molar-refractivity contribution < 1.29 is 27.1 Å². The summed E-state index contributed by atoms with van der Waals surface area (Å²) in [6, 6.07) is 0. The zero-order chi connectivity index (χ0) is 8.20. The number of carbonyl (C=O) groups is 1. The third-order valence-electron chi connectivity index (χ3n) is 0.506. The molecular formula is C4H4F4O2. The normalized spacial score (nSPS) is 11.2. The van der Waals surface area contributed by atoms with Crippen molar-refractivity contribution in [3.05, 3.63) is 0 Å². The summed E-state index contributed by atoms with van der Waals surface area (Å²) in [4.78, 5) is 9.76. The minimum atomic E-state index is -4.58. The quantitative estimate of drug-likeness (QED) is 0.446. The van der Waals surface area contributed by atoms with E-state index < -0.39 is 25.4 Å². The van der Waals surface area contributed by atoms with Crippen molar-refractivity contribution in [3.63, 3.8) is 0 Å². The highest BCUT2D eigenvalue weighted by atomic mass is 19.4. The first-order chi connectivity index (χ1) is 4.45. The Hall–Kier alpha value is -0.810. The van der Waals surface area contributed by atoms with Crippen molar-refractivity contribution in [1.82, 2.24) is 0 Å². The summed E-state index contributed by atoms with van der Waals surface area (Å²) in [5.74, 6) is -1.50. The Kier molecular flexibility index (Phi) is 3.11. The van der Waals surface area contributed by atoms with Crippen LogP contribution in [0.4, 0.5) is 17.6 Å². The average Bonchev–Trinajstić information content (AvgIpc) is 1.81. The first kappa shape index (κ1) is 9.19. The second-order valence-corrected chi connectivity index (χ2v) is 1.41. The number of hydrogen-bond donors (Lipinski definition) is 0. The molecule has 2 nitrogen and oxygen atoms in total. The van der Waals surface area contributed by atoms with Crippen LogP contribution in [0.3, 0.4) is 0 Å². The van der Waals surface area contributed by atoms with E-state index >= 15 is 0 Å². The maximum Gasteiger partial charge on any atom is 0.422 e. The van der Waals surface area contributed by atoms with Crippen molar-refractivity contribution in [1.29, 1.82) is 0 Å². The Balaban J connectivity index is 3.46. The fourth-order valence-electron chi connectivity index (χ4n) is 0.201. The Labute approximate surface area is 53.8 Å². The van der Waals surface area contributed by atoms with Gasteiger partial charge < -0.3 is 4.74 Å². The van der Waals surface area contributed by atoms with Gasteiger partial charge in [0.2, 0.25) is 0 Å². The molecule has 6 heteroatoms. The molecule has 0 radical (unpaired) electrons. The highest BCUT2D eigenvalue weighted by Gasteiger charge is 2.29. The lowest BCUT2D eigenvalue weighted by molar-refractivity contribution is -0.186. The van der Waals surface area contributed by atoms with Gasteiger partial charge in [0.25, 0.3) is 0 Å². The summed E-state index contributed by atoms with van der Waals surface area (Å²) >= 11 is 0. The molecule has 0 aromatic rings. The van der Waals surface area contributed by atoms with Gasteiger partial charge in [0.15, 0.2) is 13.3 Å². The number of hydrogen-bond acceptors (Lipinski definition) is 2. The summed E-state index contributed by atoms with van der Waals surface area (Å²) < 4.78 is 48.0. The average molecular weight is 160 g/mol. The number of alkyl halides is 4. The standard InChI is InChI=1S/C4H4F4O2/c5-1-3(9)10-2-4(6,7)8/h1-2H2. The molecule has 0 saturated heterocycles. The highest BCUT2D eigenvalue weighted by molar-refractivity contribution is 5.70. The lowest BCUT2D eigenvalue weighted by Crippen LogP contribution is -2.20. The van der Waals surface area contributed by atoms with Crippen molar-refractivity contribution >= 4 is 5.97 Å². The van der Waals surface area contributed by atoms with Gasteiger partial charge in [-0.2, -0.15) is 13.2 Å². The van der Waals surface area contributed by atoms with Crippen molar-refractivity contribution in [2.24, 2.45) is 0 Å². The van der Waals surface area contributed by atoms with E-state index in [0.29, 0.717) is 0 Å². The molecule has 0 heterocycles. The molecule has 10 heavy (non-hydrogen) atoms. The molecular weight excluding hydrogens is 156 g/mol. The summed E-state index contributed by atoms with van der Waals surface area (Å²) in [6.45, 7) is -3.26. The van der Waals surface area contributed by atoms with Crippen molar-refractivity contribution in [2.45, 2.75) is 6.18 Å². The number of esters is 1. The Morgan fingerprint density at radius 2 is 1.90 bits per heavy atom. The third-order valence-corrected chi connectivity index (χ3v) is 0.506. The van der Waals surface area contributed by atoms with E-state index in [1.165, 1.54) is 0 Å². The highest BCUT2D eigenvalue weighted by Crippen LogP contribution is 2.14. The topological polar surface area (TPSA) is 26.3 Å². The number of carbonyl (C=O) groups excluding carboxylic acids is 1. The molecule has 0 unspecified atom stereocenters. The summed E-state index contributed by atoms with van der Waals surface area (Å²) in [5.41, 5.74) is 0. The van der Waals surface area contributed by atoms with Gasteiger partial charge in [-0.15, -0.1) is 0 Å². The third kappa shape index (κ3) is 5.33. The van der Waals surface area contributed by atoms with E-state index in [-0.39, 0.29) is 0 Å². The Morgan fingerprint density at radius 1 is 1.40 bits per heavy atom. The summed E-state index contributed by atoms with van der Waals surface area (Å²) in [5, 5.41) is 0. The molecule has 0 amide bonds. The van der Waals surface area contributed by atoms with Crippen LogP contribution in [0.5, 0.6) is 0 Å². The van der Waals surface area contributed by atoms with Gasteiger partial charge in [0.1, 0.15) is 0 Å². The summed E-state index contributed by atoms with van der Waals surface area (Å²) in [7, 11) is 0. The Bertz CT molecular complexity index is 119. The minimum Gasteiger partial charge on any atom is -0.454 e. The fraction of sp³-hybridized carbons (Fsp3) is 0.750. The van der Waals surface area contributed by atoms with E-state index in [4.69, 9.17) is 0 Å². The van der Waals surface area contributed by atoms with Crippen LogP contribution in [0.2, 0.25) is 0 Å². The Morgan fingerprint density at radius 3 is 2.20 bits per heavy atom. The zero-order valence-corrected chi connectivity index (χ0v) is 4.74. The van der Waals surface area contributed by atoms with Gasteiger partial charge in [-0.3, -0.25) is 0 Å². The number of ether oxygens (including phenoxy) is 1. The van der Waals surface area contributed by atoms with Crippen LogP contribution in [0.15, 0.2) is 0 Å². The van der Waals surface area contributed by atoms with Gasteiger partial charge in [-0.25, -0.2) is 9.18 Å². The van der Waals surface area contributed by atoms with Crippen LogP contribution < -0.4 is 0 Å². The largest absolute Gasteiger partial charge is 0.454 e. The van der Waals surface area contributed by atoms with E-state index in [1.807, 2.05) is 0 Å². The zero-order valence-electron chi connectivity index (χ0n) is 4.74. The van der Waals surface area contributed by atoms with Crippen LogP contribution >= 0.6 is 0 Å². The van der Waals surface area contributed by atoms with Gasteiger partial charge in [0, 0.05) is 0 Å². The van der Waals surface area contributed by atoms with Crippen LogP contribution in [0.1, 0.15) is 0 Å². The predicted molar refractivity (Wildman–Crippen MR) is 23.0 cm³/mol. The monoisotopic (exact) mass is 160 g/mol. The second-order valence-electron chi connectivity index (χ2n) is 1.41. The SMILES string of the molecule is O=C(CF)OCC(F)(F)F. The first-order valence-corrected chi connectivity index (χ1v) is 2.24. The molecule has 0 aliphatic carbocycles. The van der Waals surface area contributed by atoms with Gasteiger partial charge in [-0.1, -0.05) is 0 Å². The molecule has 60 valence electrons.